The molecule has 20 heavy (non-hydrogen) atoms. The first-order valence-corrected chi connectivity index (χ1v) is 8.10. The van der Waals surface area contributed by atoms with E-state index in [1.165, 1.54) is 0 Å². The average Bonchev–Trinajstić information content (AvgIpc) is 2.41. The molecule has 7 heteroatoms. The fraction of sp³-hybridized carbons (Fsp3) is 0.538. The highest BCUT2D eigenvalue weighted by Gasteiger charge is 2.20. The molecule has 1 rings (SSSR count). The minimum atomic E-state index is 0.134. The van der Waals surface area contributed by atoms with Crippen molar-refractivity contribution in [2.45, 2.75) is 20.3 Å². The van der Waals surface area contributed by atoms with E-state index >= 15 is 0 Å². The maximum atomic E-state index is 6.06. The largest absolute Gasteiger partial charge is 0.490 e. The van der Waals surface area contributed by atoms with Gasteiger partial charge in [0.1, 0.15) is 10.0 Å². The smallest absolute Gasteiger partial charge is 0.159 e. The summed E-state index contributed by atoms with van der Waals surface area (Å²) in [5.41, 5.74) is 0. The molecule has 2 nitrogen and oxygen atoms in total. The van der Waals surface area contributed by atoms with Gasteiger partial charge in [0.25, 0.3) is 0 Å². The molecule has 0 fully saturated rings. The van der Waals surface area contributed by atoms with Crippen LogP contribution < -0.4 is 10.1 Å². The Morgan fingerprint density at radius 2 is 1.40 bits per heavy atom. The number of nitrogens with one attached hydrogen (secondary N) is 1. The predicted molar refractivity (Wildman–Crippen MR) is 89.3 cm³/mol. The maximum absolute atomic E-state index is 6.06. The van der Waals surface area contributed by atoms with E-state index in [2.05, 4.69) is 19.2 Å². The van der Waals surface area contributed by atoms with Crippen molar-refractivity contribution in [1.82, 2.24) is 5.32 Å². The lowest BCUT2D eigenvalue weighted by molar-refractivity contribution is 0.307. The van der Waals surface area contributed by atoms with Gasteiger partial charge in [-0.3, -0.25) is 0 Å². The lowest BCUT2D eigenvalue weighted by atomic mass is 10.2. The van der Waals surface area contributed by atoms with Gasteiger partial charge in [-0.15, -0.1) is 0 Å². The van der Waals surface area contributed by atoms with Crippen LogP contribution in [0.1, 0.15) is 20.3 Å². The zero-order chi connectivity index (χ0) is 15.3. The molecule has 0 aliphatic rings. The second kappa shape index (κ2) is 8.77. The third-order valence-electron chi connectivity index (χ3n) is 2.47. The standard InChI is InChI=1S/C13H16Cl5NO/c1-7(2)6-19-4-3-5-20-13-11(17)9(15)8(14)10(16)12(13)18/h7,19H,3-6H2,1-2H3. The lowest BCUT2D eigenvalue weighted by Crippen LogP contribution is -2.22. The molecule has 0 saturated heterocycles. The molecule has 1 aromatic carbocycles. The Balaban J connectivity index is 2.57. The van der Waals surface area contributed by atoms with Gasteiger partial charge in [-0.2, -0.15) is 0 Å². The first-order chi connectivity index (χ1) is 9.36. The minimum Gasteiger partial charge on any atom is -0.490 e. The van der Waals surface area contributed by atoms with Gasteiger partial charge in [0, 0.05) is 0 Å². The van der Waals surface area contributed by atoms with E-state index in [9.17, 15) is 0 Å². The molecule has 0 aromatic heterocycles. The highest BCUT2D eigenvalue weighted by Crippen LogP contribution is 2.48. The molecule has 0 saturated carbocycles. The molecule has 0 atom stereocenters. The van der Waals surface area contributed by atoms with Crippen LogP contribution in [-0.2, 0) is 0 Å². The van der Waals surface area contributed by atoms with Crippen LogP contribution in [0.3, 0.4) is 0 Å². The van der Waals surface area contributed by atoms with Crippen molar-refractivity contribution in [3.63, 3.8) is 0 Å². The molecule has 0 aliphatic heterocycles. The fourth-order valence-electron chi connectivity index (χ4n) is 1.47. The second-order valence-electron chi connectivity index (χ2n) is 4.70. The molecule has 0 spiro atoms. The topological polar surface area (TPSA) is 21.3 Å². The Morgan fingerprint density at radius 3 is 1.90 bits per heavy atom. The highest BCUT2D eigenvalue weighted by atomic mass is 35.5. The Kier molecular flexibility index (Phi) is 8.10. The van der Waals surface area contributed by atoms with E-state index < -0.39 is 0 Å². The van der Waals surface area contributed by atoms with Crippen molar-refractivity contribution in [1.29, 1.82) is 0 Å². The predicted octanol–water partition coefficient (Wildman–Crippen LogP) is 5.97. The number of rotatable bonds is 7. The van der Waals surface area contributed by atoms with Gasteiger partial charge in [0.05, 0.1) is 21.7 Å². The zero-order valence-corrected chi connectivity index (χ0v) is 15.0. The van der Waals surface area contributed by atoms with E-state index in [-0.39, 0.29) is 30.9 Å². The molecule has 0 amide bonds. The maximum Gasteiger partial charge on any atom is 0.159 e. The van der Waals surface area contributed by atoms with Crippen LogP contribution >= 0.6 is 58.0 Å². The molecule has 0 radical (unpaired) electrons. The molecular formula is C13H16Cl5NO. The van der Waals surface area contributed by atoms with Crippen LogP contribution in [0.2, 0.25) is 25.1 Å². The first kappa shape index (κ1) is 18.5. The van der Waals surface area contributed by atoms with Gasteiger partial charge in [0.2, 0.25) is 0 Å². The summed E-state index contributed by atoms with van der Waals surface area (Å²) in [6.45, 7) is 6.59. The highest BCUT2D eigenvalue weighted by molar-refractivity contribution is 6.55. The third-order valence-corrected chi connectivity index (χ3v) is 4.71. The van der Waals surface area contributed by atoms with Gasteiger partial charge in [0.15, 0.2) is 5.75 Å². The van der Waals surface area contributed by atoms with Gasteiger partial charge >= 0.3 is 0 Å². The zero-order valence-electron chi connectivity index (χ0n) is 11.2. The SMILES string of the molecule is CC(C)CNCCCOc1c(Cl)c(Cl)c(Cl)c(Cl)c1Cl. The Morgan fingerprint density at radius 1 is 0.900 bits per heavy atom. The van der Waals surface area contributed by atoms with Crippen LogP contribution in [0.4, 0.5) is 0 Å². The lowest BCUT2D eigenvalue weighted by Gasteiger charge is -2.14. The molecule has 0 aliphatic carbocycles. The number of benzene rings is 1. The monoisotopic (exact) mass is 377 g/mol. The van der Waals surface area contributed by atoms with Crippen molar-refractivity contribution < 1.29 is 4.74 Å². The quantitative estimate of drug-likeness (QED) is 0.358. The van der Waals surface area contributed by atoms with Crippen molar-refractivity contribution >= 4 is 58.0 Å². The summed E-state index contributed by atoms with van der Waals surface area (Å²) in [7, 11) is 0. The second-order valence-corrected chi connectivity index (χ2v) is 6.59. The first-order valence-electron chi connectivity index (χ1n) is 6.21. The number of halogens is 5. The molecule has 0 unspecified atom stereocenters. The van der Waals surface area contributed by atoms with Gasteiger partial charge in [-0.05, 0) is 25.4 Å². The Labute approximate surface area is 144 Å². The molecule has 0 bridgehead atoms. The average molecular weight is 380 g/mol. The molecular weight excluding hydrogens is 363 g/mol. The number of hydrogen-bond acceptors (Lipinski definition) is 2. The van der Waals surface area contributed by atoms with Crippen LogP contribution in [0.15, 0.2) is 0 Å². The summed E-state index contributed by atoms with van der Waals surface area (Å²) in [4.78, 5) is 0. The van der Waals surface area contributed by atoms with Crippen LogP contribution in [0, 0.1) is 5.92 Å². The summed E-state index contributed by atoms with van der Waals surface area (Å²) in [5, 5.41) is 4.11. The summed E-state index contributed by atoms with van der Waals surface area (Å²) in [6, 6.07) is 0. The Bertz CT molecular complexity index is 436. The van der Waals surface area contributed by atoms with Crippen molar-refractivity contribution in [3.8, 4) is 5.75 Å². The molecule has 1 N–H and O–H groups in total. The van der Waals surface area contributed by atoms with Gasteiger partial charge < -0.3 is 10.1 Å². The summed E-state index contributed by atoms with van der Waals surface area (Å²) in [5.74, 6) is 0.894. The number of hydrogen-bond donors (Lipinski definition) is 1. The van der Waals surface area contributed by atoms with E-state index in [1.807, 2.05) is 0 Å². The van der Waals surface area contributed by atoms with Gasteiger partial charge in [-0.25, -0.2) is 0 Å². The van der Waals surface area contributed by atoms with Crippen LogP contribution in [-0.4, -0.2) is 19.7 Å². The summed E-state index contributed by atoms with van der Waals surface area (Å²) >= 11 is 29.9. The Hall–Kier alpha value is 0.430. The van der Waals surface area contributed by atoms with Crippen molar-refractivity contribution in [2.75, 3.05) is 19.7 Å². The van der Waals surface area contributed by atoms with Crippen molar-refractivity contribution in [3.05, 3.63) is 25.1 Å². The minimum absolute atomic E-state index is 0.134. The summed E-state index contributed by atoms with van der Waals surface area (Å²) < 4.78 is 5.56. The summed E-state index contributed by atoms with van der Waals surface area (Å²) in [6.07, 6.45) is 0.817. The van der Waals surface area contributed by atoms with E-state index in [0.29, 0.717) is 12.5 Å². The van der Waals surface area contributed by atoms with Crippen molar-refractivity contribution in [2.24, 2.45) is 5.92 Å². The number of ether oxygens (including phenoxy) is 1. The van der Waals surface area contributed by atoms with Gasteiger partial charge in [-0.1, -0.05) is 71.9 Å². The fourth-order valence-corrected chi connectivity index (χ4v) is 2.70. The molecule has 0 heterocycles. The normalized spacial score (nSPS) is 11.2. The van der Waals surface area contributed by atoms with E-state index in [4.69, 9.17) is 62.7 Å². The third kappa shape index (κ3) is 5.01. The molecule has 1 aromatic rings. The van der Waals surface area contributed by atoms with Crippen LogP contribution in [0.25, 0.3) is 0 Å². The molecule has 114 valence electrons. The van der Waals surface area contributed by atoms with E-state index in [1.54, 1.807) is 0 Å². The van der Waals surface area contributed by atoms with Crippen LogP contribution in [0.5, 0.6) is 5.75 Å². The van der Waals surface area contributed by atoms with E-state index in [0.717, 1.165) is 19.5 Å².